The van der Waals surface area contributed by atoms with Gasteiger partial charge in [-0.25, -0.2) is 0 Å². The Balaban J connectivity index is 2.64. The molecule has 0 N–H and O–H groups in total. The molecule has 0 radical (unpaired) electrons. The highest BCUT2D eigenvalue weighted by Crippen LogP contribution is 2.34. The van der Waals surface area contributed by atoms with E-state index in [2.05, 4.69) is 9.68 Å². The number of aromatic nitrogens is 1. The predicted octanol–water partition coefficient (Wildman–Crippen LogP) is 2.16. The number of hydrogen-bond acceptors (Lipinski definition) is 6. The molecular formula is C9H5N3O5. The first-order valence-electron chi connectivity index (χ1n) is 4.44. The van der Waals surface area contributed by atoms with E-state index in [1.807, 2.05) is 0 Å². The zero-order chi connectivity index (χ0) is 12.4. The number of benzene rings is 1. The Hall–Kier alpha value is -2.77. The second-order valence-electron chi connectivity index (χ2n) is 3.08. The van der Waals surface area contributed by atoms with Gasteiger partial charge in [0.05, 0.1) is 15.4 Å². The van der Waals surface area contributed by atoms with Crippen molar-refractivity contribution < 1.29 is 14.4 Å². The van der Waals surface area contributed by atoms with Crippen LogP contribution in [0.5, 0.6) is 0 Å². The number of nitrogens with zero attached hydrogens (tertiary/aromatic N) is 3. The lowest BCUT2D eigenvalue weighted by atomic mass is 10.1. The van der Waals surface area contributed by atoms with Gasteiger partial charge in [-0.3, -0.25) is 20.2 Å². The Bertz CT molecular complexity index is 592. The van der Waals surface area contributed by atoms with Gasteiger partial charge in [-0.15, -0.1) is 0 Å². The van der Waals surface area contributed by atoms with Crippen LogP contribution in [-0.2, 0) is 0 Å². The Labute approximate surface area is 93.8 Å². The predicted molar refractivity (Wildman–Crippen MR) is 55.2 cm³/mol. The third kappa shape index (κ3) is 1.83. The van der Waals surface area contributed by atoms with Crippen LogP contribution in [0.3, 0.4) is 0 Å². The van der Waals surface area contributed by atoms with Gasteiger partial charge in [0, 0.05) is 6.07 Å². The lowest BCUT2D eigenvalue weighted by Gasteiger charge is -1.97. The highest BCUT2D eigenvalue weighted by molar-refractivity contribution is 5.76. The van der Waals surface area contributed by atoms with Crippen molar-refractivity contribution >= 4 is 11.4 Å². The van der Waals surface area contributed by atoms with Crippen LogP contribution in [0.15, 0.2) is 35.1 Å². The smallest absolute Gasteiger partial charge is 0.336 e. The monoisotopic (exact) mass is 235 g/mol. The van der Waals surface area contributed by atoms with Crippen molar-refractivity contribution in [2.45, 2.75) is 0 Å². The van der Waals surface area contributed by atoms with E-state index in [1.165, 1.54) is 24.3 Å². The molecular weight excluding hydrogens is 230 g/mol. The van der Waals surface area contributed by atoms with Gasteiger partial charge in [0.25, 0.3) is 5.69 Å². The SMILES string of the molecule is O=[N+]([O-])c1ccccc1-c1nocc1[N+](=O)[O-]. The Kier molecular flexibility index (Phi) is 2.53. The van der Waals surface area contributed by atoms with E-state index in [9.17, 15) is 20.2 Å². The number of hydrogen-bond donors (Lipinski definition) is 0. The van der Waals surface area contributed by atoms with Gasteiger partial charge in [0.1, 0.15) is 0 Å². The summed E-state index contributed by atoms with van der Waals surface area (Å²) in [5.74, 6) is 0. The maximum Gasteiger partial charge on any atom is 0.336 e. The molecule has 0 amide bonds. The van der Waals surface area contributed by atoms with Crippen LogP contribution in [0.2, 0.25) is 0 Å². The topological polar surface area (TPSA) is 112 Å². The first-order chi connectivity index (χ1) is 8.11. The number of rotatable bonds is 3. The summed E-state index contributed by atoms with van der Waals surface area (Å²) in [6.45, 7) is 0. The zero-order valence-corrected chi connectivity index (χ0v) is 8.27. The molecule has 0 atom stereocenters. The number of nitro benzene ring substituents is 1. The fourth-order valence-corrected chi connectivity index (χ4v) is 1.38. The molecule has 1 aromatic carbocycles. The van der Waals surface area contributed by atoms with Gasteiger partial charge in [-0.2, -0.15) is 0 Å². The molecule has 17 heavy (non-hydrogen) atoms. The first kappa shape index (κ1) is 10.7. The average Bonchev–Trinajstić information content (AvgIpc) is 2.77. The highest BCUT2D eigenvalue weighted by atomic mass is 16.6. The van der Waals surface area contributed by atoms with Crippen LogP contribution in [0, 0.1) is 20.2 Å². The quantitative estimate of drug-likeness (QED) is 0.594. The van der Waals surface area contributed by atoms with Crippen LogP contribution < -0.4 is 0 Å². The fraction of sp³-hybridized carbons (Fsp3) is 0. The minimum absolute atomic E-state index is 0.0537. The van der Waals surface area contributed by atoms with Crippen molar-refractivity contribution in [1.82, 2.24) is 5.16 Å². The third-order valence-electron chi connectivity index (χ3n) is 2.10. The molecule has 1 aromatic heterocycles. The molecule has 8 nitrogen and oxygen atoms in total. The van der Waals surface area contributed by atoms with Gasteiger partial charge in [-0.1, -0.05) is 17.3 Å². The summed E-state index contributed by atoms with van der Waals surface area (Å²) < 4.78 is 4.48. The normalized spacial score (nSPS) is 10.1. The van der Waals surface area contributed by atoms with Gasteiger partial charge in [0.2, 0.25) is 6.26 Å². The number of nitro groups is 2. The largest absolute Gasteiger partial charge is 0.357 e. The van der Waals surface area contributed by atoms with Crippen LogP contribution in [-0.4, -0.2) is 15.0 Å². The summed E-state index contributed by atoms with van der Waals surface area (Å²) >= 11 is 0. The van der Waals surface area contributed by atoms with Crippen molar-refractivity contribution in [1.29, 1.82) is 0 Å². The second kappa shape index (κ2) is 4.00. The van der Waals surface area contributed by atoms with Gasteiger partial charge < -0.3 is 4.52 Å². The van der Waals surface area contributed by atoms with Crippen molar-refractivity contribution in [2.24, 2.45) is 0 Å². The molecule has 0 aliphatic carbocycles. The molecule has 0 saturated heterocycles. The Morgan fingerprint density at radius 1 is 1.06 bits per heavy atom. The van der Waals surface area contributed by atoms with E-state index in [0.29, 0.717) is 0 Å². The maximum absolute atomic E-state index is 10.8. The number of para-hydroxylation sites is 1. The van der Waals surface area contributed by atoms with Crippen molar-refractivity contribution in [2.75, 3.05) is 0 Å². The lowest BCUT2D eigenvalue weighted by molar-refractivity contribution is -0.386. The van der Waals surface area contributed by atoms with E-state index < -0.39 is 15.5 Å². The van der Waals surface area contributed by atoms with Crippen LogP contribution in [0.25, 0.3) is 11.3 Å². The van der Waals surface area contributed by atoms with E-state index in [4.69, 9.17) is 0 Å². The molecule has 0 aliphatic rings. The van der Waals surface area contributed by atoms with Crippen molar-refractivity contribution in [3.8, 4) is 11.3 Å². The molecule has 0 saturated carbocycles. The van der Waals surface area contributed by atoms with Gasteiger partial charge in [-0.05, 0) is 6.07 Å². The van der Waals surface area contributed by atoms with E-state index >= 15 is 0 Å². The minimum atomic E-state index is -0.706. The minimum Gasteiger partial charge on any atom is -0.357 e. The van der Waals surface area contributed by atoms with Crippen LogP contribution in [0.4, 0.5) is 11.4 Å². The van der Waals surface area contributed by atoms with Crippen molar-refractivity contribution in [3.05, 3.63) is 50.8 Å². The van der Waals surface area contributed by atoms with Crippen molar-refractivity contribution in [3.63, 3.8) is 0 Å². The lowest BCUT2D eigenvalue weighted by Crippen LogP contribution is -1.94. The molecule has 0 unspecified atom stereocenters. The summed E-state index contributed by atoms with van der Waals surface area (Å²) in [6, 6.07) is 5.62. The van der Waals surface area contributed by atoms with Gasteiger partial charge in [0.15, 0.2) is 5.69 Å². The van der Waals surface area contributed by atoms with E-state index in [0.717, 1.165) is 6.26 Å². The van der Waals surface area contributed by atoms with E-state index in [1.54, 1.807) is 0 Å². The third-order valence-corrected chi connectivity index (χ3v) is 2.10. The highest BCUT2D eigenvalue weighted by Gasteiger charge is 2.26. The van der Waals surface area contributed by atoms with Crippen LogP contribution in [0.1, 0.15) is 0 Å². The molecule has 2 rings (SSSR count). The molecule has 86 valence electrons. The summed E-state index contributed by atoms with van der Waals surface area (Å²) in [6.07, 6.45) is 0.839. The Morgan fingerprint density at radius 3 is 2.35 bits per heavy atom. The standard InChI is InChI=1S/C9H5N3O5/c13-11(14)7-4-2-1-3-6(7)9-8(12(15)16)5-17-10-9/h1-5H. The van der Waals surface area contributed by atoms with Crippen LogP contribution >= 0.6 is 0 Å². The fourth-order valence-electron chi connectivity index (χ4n) is 1.38. The molecule has 0 spiro atoms. The summed E-state index contributed by atoms with van der Waals surface area (Å²) in [4.78, 5) is 20.1. The second-order valence-corrected chi connectivity index (χ2v) is 3.08. The first-order valence-corrected chi connectivity index (χ1v) is 4.44. The van der Waals surface area contributed by atoms with E-state index in [-0.39, 0.29) is 16.9 Å². The molecule has 1 heterocycles. The zero-order valence-electron chi connectivity index (χ0n) is 8.27. The summed E-state index contributed by atoms with van der Waals surface area (Å²) in [5, 5.41) is 24.9. The van der Waals surface area contributed by atoms with Gasteiger partial charge >= 0.3 is 5.69 Å². The molecule has 0 fully saturated rings. The molecule has 2 aromatic rings. The Morgan fingerprint density at radius 2 is 1.71 bits per heavy atom. The molecule has 0 aliphatic heterocycles. The average molecular weight is 235 g/mol. The molecule has 8 heteroatoms. The maximum atomic E-state index is 10.8. The summed E-state index contributed by atoms with van der Waals surface area (Å²) in [7, 11) is 0. The summed E-state index contributed by atoms with van der Waals surface area (Å²) in [5.41, 5.74) is -0.760. The molecule has 0 bridgehead atoms.